The van der Waals surface area contributed by atoms with E-state index in [4.69, 9.17) is 0 Å². The van der Waals surface area contributed by atoms with E-state index in [1.54, 1.807) is 19.9 Å². The van der Waals surface area contributed by atoms with Crippen molar-refractivity contribution in [2.24, 2.45) is 5.92 Å². The predicted molar refractivity (Wildman–Crippen MR) is 110 cm³/mol. The molecule has 29 heavy (non-hydrogen) atoms. The van der Waals surface area contributed by atoms with Gasteiger partial charge in [0, 0.05) is 5.69 Å². The van der Waals surface area contributed by atoms with Gasteiger partial charge in [-0.15, -0.1) is 0 Å². The summed E-state index contributed by atoms with van der Waals surface area (Å²) in [6.07, 6.45) is 0. The molecule has 154 valence electrons. The van der Waals surface area contributed by atoms with Crippen LogP contribution in [0.4, 0.5) is 10.1 Å². The molecule has 0 aliphatic rings. The first-order valence-electron chi connectivity index (χ1n) is 9.40. The van der Waals surface area contributed by atoms with Crippen molar-refractivity contribution < 1.29 is 18.8 Å². The van der Waals surface area contributed by atoms with E-state index >= 15 is 0 Å². The van der Waals surface area contributed by atoms with Crippen LogP contribution in [-0.4, -0.2) is 30.3 Å². The maximum absolute atomic E-state index is 13.8. The molecule has 0 bridgehead atoms. The number of carbonyl (C=O) groups excluding carboxylic acids is 3. The highest BCUT2D eigenvalue weighted by Crippen LogP contribution is 2.19. The minimum atomic E-state index is -0.907. The molecule has 0 aliphatic heterocycles. The lowest BCUT2D eigenvalue weighted by Gasteiger charge is -2.22. The van der Waals surface area contributed by atoms with Gasteiger partial charge in [-0.25, -0.2) is 4.39 Å². The number of nitrogens with one attached hydrogen (secondary N) is 3. The highest BCUT2D eigenvalue weighted by atomic mass is 19.1. The van der Waals surface area contributed by atoms with Gasteiger partial charge < -0.3 is 16.0 Å². The van der Waals surface area contributed by atoms with E-state index in [0.717, 1.165) is 11.1 Å². The number of hydrogen-bond acceptors (Lipinski definition) is 3. The van der Waals surface area contributed by atoms with Crippen LogP contribution in [0.5, 0.6) is 0 Å². The van der Waals surface area contributed by atoms with Gasteiger partial charge in [0.2, 0.25) is 11.8 Å². The van der Waals surface area contributed by atoms with Crippen molar-refractivity contribution in [1.82, 2.24) is 10.6 Å². The van der Waals surface area contributed by atoms with Crippen molar-refractivity contribution in [2.75, 3.05) is 11.9 Å². The summed E-state index contributed by atoms with van der Waals surface area (Å²) in [7, 11) is 0. The van der Waals surface area contributed by atoms with Crippen molar-refractivity contribution in [3.05, 3.63) is 65.0 Å². The smallest absolute Gasteiger partial charge is 0.254 e. The van der Waals surface area contributed by atoms with Gasteiger partial charge in [0.05, 0.1) is 12.1 Å². The van der Waals surface area contributed by atoms with E-state index in [0.29, 0.717) is 5.69 Å². The molecule has 3 amide bonds. The Bertz CT molecular complexity index is 892. The molecule has 0 aliphatic carbocycles. The Morgan fingerprint density at radius 3 is 2.17 bits per heavy atom. The van der Waals surface area contributed by atoms with E-state index in [9.17, 15) is 18.8 Å². The number of benzene rings is 2. The summed E-state index contributed by atoms with van der Waals surface area (Å²) in [5.41, 5.74) is 2.41. The number of hydrogen-bond donors (Lipinski definition) is 3. The first kappa shape index (κ1) is 22.1. The molecular weight excluding hydrogens is 373 g/mol. The van der Waals surface area contributed by atoms with Gasteiger partial charge in [-0.2, -0.15) is 0 Å². The summed E-state index contributed by atoms with van der Waals surface area (Å²) in [4.78, 5) is 37.1. The minimum Gasteiger partial charge on any atom is -0.345 e. The molecule has 3 N–H and O–H groups in total. The van der Waals surface area contributed by atoms with Crippen LogP contribution in [0.1, 0.15) is 35.3 Å². The molecule has 0 radical (unpaired) electrons. The standard InChI is InChI=1S/C22H26FN3O3/c1-13(2)19(26-21(28)16-10-5-6-11-17(16)23)22(29)24-12-18(27)25-20-14(3)8-7-9-15(20)4/h5-11,13,19H,12H2,1-4H3,(H,24,29)(H,25,27)(H,26,28). The number of rotatable bonds is 7. The molecule has 1 unspecified atom stereocenters. The summed E-state index contributed by atoms with van der Waals surface area (Å²) in [5.74, 6) is -2.50. The van der Waals surface area contributed by atoms with Crippen LogP contribution in [0.2, 0.25) is 0 Å². The van der Waals surface area contributed by atoms with Crippen LogP contribution in [0.15, 0.2) is 42.5 Å². The lowest BCUT2D eigenvalue weighted by molar-refractivity contribution is -0.126. The average Bonchev–Trinajstić information content (AvgIpc) is 2.67. The Hall–Kier alpha value is -3.22. The van der Waals surface area contributed by atoms with Gasteiger partial charge in [0.15, 0.2) is 0 Å². The van der Waals surface area contributed by atoms with Crippen LogP contribution in [0.3, 0.4) is 0 Å². The summed E-state index contributed by atoms with van der Waals surface area (Å²) in [5, 5.41) is 7.86. The van der Waals surface area contributed by atoms with Crippen LogP contribution >= 0.6 is 0 Å². The minimum absolute atomic E-state index is 0.140. The largest absolute Gasteiger partial charge is 0.345 e. The van der Waals surface area contributed by atoms with E-state index < -0.39 is 23.7 Å². The molecule has 1 atom stereocenters. The van der Waals surface area contributed by atoms with E-state index in [1.165, 1.54) is 18.2 Å². The van der Waals surface area contributed by atoms with Gasteiger partial charge in [-0.05, 0) is 43.0 Å². The Labute approximate surface area is 169 Å². The molecule has 7 heteroatoms. The second-order valence-corrected chi connectivity index (χ2v) is 7.21. The summed E-state index contributed by atoms with van der Waals surface area (Å²) >= 11 is 0. The third-order valence-corrected chi connectivity index (χ3v) is 4.52. The second kappa shape index (κ2) is 9.82. The van der Waals surface area contributed by atoms with Crippen molar-refractivity contribution in [3.63, 3.8) is 0 Å². The monoisotopic (exact) mass is 399 g/mol. The zero-order chi connectivity index (χ0) is 21.6. The van der Waals surface area contributed by atoms with Gasteiger partial charge >= 0.3 is 0 Å². The molecule has 2 rings (SSSR count). The van der Waals surface area contributed by atoms with E-state index in [-0.39, 0.29) is 23.9 Å². The molecule has 0 heterocycles. The number of halogens is 1. The second-order valence-electron chi connectivity index (χ2n) is 7.21. The van der Waals surface area contributed by atoms with Crippen molar-refractivity contribution in [1.29, 1.82) is 0 Å². The fourth-order valence-electron chi connectivity index (χ4n) is 2.87. The lowest BCUT2D eigenvalue weighted by atomic mass is 10.0. The number of aryl methyl sites for hydroxylation is 2. The maximum atomic E-state index is 13.8. The topological polar surface area (TPSA) is 87.3 Å². The van der Waals surface area contributed by atoms with Gasteiger partial charge in [0.1, 0.15) is 11.9 Å². The first-order valence-corrected chi connectivity index (χ1v) is 9.40. The molecule has 0 fully saturated rings. The molecule has 2 aromatic rings. The molecule has 6 nitrogen and oxygen atoms in total. The van der Waals surface area contributed by atoms with Crippen LogP contribution in [-0.2, 0) is 9.59 Å². The normalized spacial score (nSPS) is 11.7. The van der Waals surface area contributed by atoms with Crippen LogP contribution < -0.4 is 16.0 Å². The number of amides is 3. The lowest BCUT2D eigenvalue weighted by Crippen LogP contribution is -2.51. The Morgan fingerprint density at radius 1 is 0.966 bits per heavy atom. The Kier molecular flexibility index (Phi) is 7.47. The predicted octanol–water partition coefficient (Wildman–Crippen LogP) is 2.95. The third-order valence-electron chi connectivity index (χ3n) is 4.52. The van der Waals surface area contributed by atoms with Crippen molar-refractivity contribution in [3.8, 4) is 0 Å². The van der Waals surface area contributed by atoms with Gasteiger partial charge in [0.25, 0.3) is 5.91 Å². The summed E-state index contributed by atoms with van der Waals surface area (Å²) in [6.45, 7) is 7.03. The number of carbonyl (C=O) groups is 3. The average molecular weight is 399 g/mol. The zero-order valence-electron chi connectivity index (χ0n) is 17.0. The van der Waals surface area contributed by atoms with Crippen molar-refractivity contribution >= 4 is 23.4 Å². The zero-order valence-corrected chi connectivity index (χ0v) is 17.0. The molecule has 0 saturated carbocycles. The molecule has 0 spiro atoms. The molecule has 0 saturated heterocycles. The van der Waals surface area contributed by atoms with E-state index in [1.807, 2.05) is 32.0 Å². The van der Waals surface area contributed by atoms with Gasteiger partial charge in [-0.1, -0.05) is 44.2 Å². The SMILES string of the molecule is Cc1cccc(C)c1NC(=O)CNC(=O)C(NC(=O)c1ccccc1F)C(C)C. The highest BCUT2D eigenvalue weighted by molar-refractivity contribution is 5.99. The molecule has 2 aromatic carbocycles. The number of anilines is 1. The summed E-state index contributed by atoms with van der Waals surface area (Å²) < 4.78 is 13.8. The number of para-hydroxylation sites is 1. The molecule has 0 aromatic heterocycles. The van der Waals surface area contributed by atoms with Crippen molar-refractivity contribution in [2.45, 2.75) is 33.7 Å². The van der Waals surface area contributed by atoms with Crippen LogP contribution in [0, 0.1) is 25.6 Å². The first-order chi connectivity index (χ1) is 13.7. The van der Waals surface area contributed by atoms with Gasteiger partial charge in [-0.3, -0.25) is 14.4 Å². The quantitative estimate of drug-likeness (QED) is 0.669. The maximum Gasteiger partial charge on any atom is 0.254 e. The Balaban J connectivity index is 1.98. The summed E-state index contributed by atoms with van der Waals surface area (Å²) in [6, 6.07) is 10.3. The van der Waals surface area contributed by atoms with Crippen LogP contribution in [0.25, 0.3) is 0 Å². The fourth-order valence-corrected chi connectivity index (χ4v) is 2.87. The highest BCUT2D eigenvalue weighted by Gasteiger charge is 2.26. The molecular formula is C22H26FN3O3. The van der Waals surface area contributed by atoms with E-state index in [2.05, 4.69) is 16.0 Å². The third kappa shape index (κ3) is 5.88. The fraction of sp³-hybridized carbons (Fsp3) is 0.318. The Morgan fingerprint density at radius 2 is 1.59 bits per heavy atom.